The summed E-state index contributed by atoms with van der Waals surface area (Å²) in [4.78, 5) is 12.1. The second-order valence-electron chi connectivity index (χ2n) is 3.88. The van der Waals surface area contributed by atoms with Crippen molar-refractivity contribution in [3.63, 3.8) is 0 Å². The normalized spacial score (nSPS) is 9.90. The van der Waals surface area contributed by atoms with E-state index >= 15 is 0 Å². The van der Waals surface area contributed by atoms with Gasteiger partial charge in [0.15, 0.2) is 0 Å². The van der Waals surface area contributed by atoms with Crippen molar-refractivity contribution in [2.24, 2.45) is 0 Å². The lowest BCUT2D eigenvalue weighted by Gasteiger charge is -2.08. The maximum absolute atomic E-state index is 13.0. The van der Waals surface area contributed by atoms with Crippen LogP contribution in [0, 0.1) is 17.1 Å². The van der Waals surface area contributed by atoms with Crippen LogP contribution in [0.15, 0.2) is 40.9 Å². The van der Waals surface area contributed by atoms with Gasteiger partial charge in [0.25, 0.3) is 5.91 Å². The Morgan fingerprint density at radius 2 is 2.05 bits per heavy atom. The molecule has 2 aromatic carbocycles. The second kappa shape index (κ2) is 6.04. The molecule has 0 fully saturated rings. The molecule has 0 aliphatic rings. The largest absolute Gasteiger partial charge is 0.321 e. The number of nitrogens with one attached hydrogen (secondary N) is 1. The Balaban J connectivity index is 2.33. The average molecular weight is 354 g/mol. The fraction of sp³-hybridized carbons (Fsp3) is 0. The number of nitrogens with zero attached hydrogens (tertiary/aromatic N) is 1. The van der Waals surface area contributed by atoms with Crippen LogP contribution < -0.4 is 5.32 Å². The molecule has 20 heavy (non-hydrogen) atoms. The molecule has 0 saturated heterocycles. The molecule has 0 unspecified atom stereocenters. The minimum atomic E-state index is -0.538. The van der Waals surface area contributed by atoms with Crippen molar-refractivity contribution in [2.45, 2.75) is 0 Å². The van der Waals surface area contributed by atoms with Crippen LogP contribution in [0.1, 0.15) is 15.9 Å². The third-order valence-corrected chi connectivity index (χ3v) is 3.45. The zero-order valence-electron chi connectivity index (χ0n) is 9.95. The first-order valence-electron chi connectivity index (χ1n) is 5.47. The van der Waals surface area contributed by atoms with E-state index in [1.165, 1.54) is 18.2 Å². The van der Waals surface area contributed by atoms with Crippen molar-refractivity contribution in [3.8, 4) is 6.07 Å². The van der Waals surface area contributed by atoms with E-state index in [4.69, 9.17) is 16.9 Å². The first-order chi connectivity index (χ1) is 9.51. The van der Waals surface area contributed by atoms with Crippen LogP contribution >= 0.6 is 27.5 Å². The van der Waals surface area contributed by atoms with Crippen molar-refractivity contribution >= 4 is 39.1 Å². The molecule has 1 amide bonds. The third-order valence-electron chi connectivity index (χ3n) is 2.52. The average Bonchev–Trinajstić information content (AvgIpc) is 2.43. The molecular weight excluding hydrogens is 347 g/mol. The number of halogens is 3. The Labute approximate surface area is 128 Å². The molecule has 0 radical (unpaired) electrons. The van der Waals surface area contributed by atoms with Gasteiger partial charge in [0.2, 0.25) is 0 Å². The molecular formula is C14H7BrClFN2O. The summed E-state index contributed by atoms with van der Waals surface area (Å²) in [6.45, 7) is 0. The summed E-state index contributed by atoms with van der Waals surface area (Å²) >= 11 is 9.09. The number of rotatable bonds is 2. The van der Waals surface area contributed by atoms with Gasteiger partial charge in [-0.3, -0.25) is 4.79 Å². The van der Waals surface area contributed by atoms with E-state index in [9.17, 15) is 9.18 Å². The lowest BCUT2D eigenvalue weighted by Crippen LogP contribution is -2.13. The van der Waals surface area contributed by atoms with Crippen molar-refractivity contribution in [1.82, 2.24) is 0 Å². The van der Waals surface area contributed by atoms with Gasteiger partial charge in [-0.2, -0.15) is 5.26 Å². The molecule has 2 aromatic rings. The van der Waals surface area contributed by atoms with Crippen LogP contribution in [0.5, 0.6) is 0 Å². The van der Waals surface area contributed by atoms with E-state index < -0.39 is 11.7 Å². The minimum Gasteiger partial charge on any atom is -0.321 e. The standard InChI is InChI=1S/C14H7BrClFN2O/c15-12-3-1-9(16)6-11(12)14(20)19-13-4-2-10(17)5-8(13)7-18/h1-6H,(H,19,20). The predicted molar refractivity (Wildman–Crippen MR) is 78.2 cm³/mol. The number of hydrogen-bond donors (Lipinski definition) is 1. The van der Waals surface area contributed by atoms with Crippen LogP contribution in [0.25, 0.3) is 0 Å². The Bertz CT molecular complexity index is 728. The van der Waals surface area contributed by atoms with E-state index in [2.05, 4.69) is 21.2 Å². The zero-order chi connectivity index (χ0) is 14.7. The van der Waals surface area contributed by atoms with Crippen LogP contribution in [0.3, 0.4) is 0 Å². The van der Waals surface area contributed by atoms with Crippen LogP contribution in [-0.4, -0.2) is 5.91 Å². The van der Waals surface area contributed by atoms with Gasteiger partial charge in [0.05, 0.1) is 16.8 Å². The number of nitriles is 1. The zero-order valence-corrected chi connectivity index (χ0v) is 12.3. The topological polar surface area (TPSA) is 52.9 Å². The molecule has 0 atom stereocenters. The highest BCUT2D eigenvalue weighted by molar-refractivity contribution is 9.10. The summed E-state index contributed by atoms with van der Waals surface area (Å²) in [6.07, 6.45) is 0. The third kappa shape index (κ3) is 3.16. The van der Waals surface area contributed by atoms with E-state index in [1.807, 2.05) is 6.07 Å². The SMILES string of the molecule is N#Cc1cc(F)ccc1NC(=O)c1cc(Cl)ccc1Br. The molecule has 0 aliphatic carbocycles. The summed E-state index contributed by atoms with van der Waals surface area (Å²) in [7, 11) is 0. The highest BCUT2D eigenvalue weighted by atomic mass is 79.9. The van der Waals surface area contributed by atoms with Crippen LogP contribution in [0.2, 0.25) is 5.02 Å². The molecule has 100 valence electrons. The fourth-order valence-corrected chi connectivity index (χ4v) is 2.18. The predicted octanol–water partition coefficient (Wildman–Crippen LogP) is 4.37. The molecule has 1 N–H and O–H groups in total. The maximum Gasteiger partial charge on any atom is 0.256 e. The molecule has 0 spiro atoms. The van der Waals surface area contributed by atoms with Gasteiger partial charge in [0.1, 0.15) is 11.9 Å². The van der Waals surface area contributed by atoms with Crippen molar-refractivity contribution in [1.29, 1.82) is 5.26 Å². The molecule has 0 heterocycles. The highest BCUT2D eigenvalue weighted by Gasteiger charge is 2.13. The Kier molecular flexibility index (Phi) is 4.38. The monoisotopic (exact) mass is 352 g/mol. The van der Waals surface area contributed by atoms with Crippen molar-refractivity contribution in [2.75, 3.05) is 5.32 Å². The number of amides is 1. The van der Waals surface area contributed by atoms with Crippen LogP contribution in [-0.2, 0) is 0 Å². The van der Waals surface area contributed by atoms with Gasteiger partial charge in [-0.1, -0.05) is 11.6 Å². The molecule has 3 nitrogen and oxygen atoms in total. The maximum atomic E-state index is 13.0. The number of carbonyl (C=O) groups excluding carboxylic acids is 1. The van der Waals surface area contributed by atoms with Crippen molar-refractivity contribution < 1.29 is 9.18 Å². The van der Waals surface area contributed by atoms with E-state index in [1.54, 1.807) is 12.1 Å². The molecule has 6 heteroatoms. The lowest BCUT2D eigenvalue weighted by molar-refractivity contribution is 0.102. The molecule has 0 saturated carbocycles. The van der Waals surface area contributed by atoms with Gasteiger partial charge in [-0.05, 0) is 52.3 Å². The lowest BCUT2D eigenvalue weighted by atomic mass is 10.1. The smallest absolute Gasteiger partial charge is 0.256 e. The Morgan fingerprint density at radius 3 is 2.75 bits per heavy atom. The summed E-state index contributed by atoms with van der Waals surface area (Å²) in [5.41, 5.74) is 0.619. The number of benzene rings is 2. The van der Waals surface area contributed by atoms with E-state index in [-0.39, 0.29) is 11.3 Å². The highest BCUT2D eigenvalue weighted by Crippen LogP contribution is 2.23. The Hall–Kier alpha value is -1.90. The van der Waals surface area contributed by atoms with Gasteiger partial charge < -0.3 is 5.32 Å². The summed E-state index contributed by atoms with van der Waals surface area (Å²) < 4.78 is 13.6. The summed E-state index contributed by atoms with van der Waals surface area (Å²) in [5.74, 6) is -0.981. The number of hydrogen-bond acceptors (Lipinski definition) is 2. The van der Waals surface area contributed by atoms with Gasteiger partial charge >= 0.3 is 0 Å². The van der Waals surface area contributed by atoms with Gasteiger partial charge in [-0.25, -0.2) is 4.39 Å². The fourth-order valence-electron chi connectivity index (χ4n) is 1.58. The van der Waals surface area contributed by atoms with Crippen molar-refractivity contribution in [3.05, 3.63) is 62.8 Å². The van der Waals surface area contributed by atoms with Gasteiger partial charge in [0, 0.05) is 9.50 Å². The van der Waals surface area contributed by atoms with E-state index in [0.717, 1.165) is 6.07 Å². The molecule has 2 rings (SSSR count). The minimum absolute atomic E-state index is 0.0523. The number of carbonyl (C=O) groups is 1. The quantitative estimate of drug-likeness (QED) is 0.872. The molecule has 0 bridgehead atoms. The first-order valence-corrected chi connectivity index (χ1v) is 6.64. The molecule has 0 aliphatic heterocycles. The second-order valence-corrected chi connectivity index (χ2v) is 5.17. The summed E-state index contributed by atoms with van der Waals surface area (Å²) in [6, 6.07) is 10.2. The number of anilines is 1. The first kappa shape index (κ1) is 14.5. The van der Waals surface area contributed by atoms with Crippen LogP contribution in [0.4, 0.5) is 10.1 Å². The van der Waals surface area contributed by atoms with E-state index in [0.29, 0.717) is 15.1 Å². The summed E-state index contributed by atoms with van der Waals surface area (Å²) in [5, 5.41) is 11.9. The molecule has 0 aromatic heterocycles. The Morgan fingerprint density at radius 1 is 1.30 bits per heavy atom. The van der Waals surface area contributed by atoms with Gasteiger partial charge in [-0.15, -0.1) is 0 Å².